The van der Waals surface area contributed by atoms with Gasteiger partial charge in [-0.25, -0.2) is 18.6 Å². The average molecular weight is 531 g/mol. The van der Waals surface area contributed by atoms with E-state index in [-0.39, 0.29) is 18.9 Å². The zero-order valence-electron chi connectivity index (χ0n) is 20.5. The lowest BCUT2D eigenvalue weighted by molar-refractivity contribution is 0.0915. The molecule has 0 saturated carbocycles. The number of benzene rings is 3. The van der Waals surface area contributed by atoms with Gasteiger partial charge in [-0.2, -0.15) is 0 Å². The van der Waals surface area contributed by atoms with Crippen LogP contribution in [0.5, 0.6) is 0 Å². The van der Waals surface area contributed by atoms with E-state index in [4.69, 9.17) is 10.7 Å². The third kappa shape index (κ3) is 5.72. The lowest BCUT2D eigenvalue weighted by Gasteiger charge is -2.28. The second-order valence-corrected chi connectivity index (χ2v) is 8.95. The molecule has 11 heteroatoms. The van der Waals surface area contributed by atoms with E-state index in [1.54, 1.807) is 70.4 Å². The number of carboxylic acid groups (broad SMARTS) is 1. The lowest BCUT2D eigenvalue weighted by Crippen LogP contribution is -2.47. The summed E-state index contributed by atoms with van der Waals surface area (Å²) >= 11 is 0. The molecule has 0 spiro atoms. The first-order valence-electron chi connectivity index (χ1n) is 12.0. The maximum atomic E-state index is 14.1. The molecule has 1 aromatic heterocycles. The zero-order valence-corrected chi connectivity index (χ0v) is 20.5. The van der Waals surface area contributed by atoms with Crippen LogP contribution in [0.2, 0.25) is 0 Å². The number of carbonyl (C=O) groups is 2. The van der Waals surface area contributed by atoms with Gasteiger partial charge >= 0.3 is 6.09 Å². The number of carbonyl (C=O) groups excluding carboxylic acids is 1. The second-order valence-electron chi connectivity index (χ2n) is 8.95. The van der Waals surface area contributed by atoms with Gasteiger partial charge in [-0.05, 0) is 60.7 Å². The summed E-state index contributed by atoms with van der Waals surface area (Å²) < 4.78 is 29.3. The van der Waals surface area contributed by atoms with E-state index in [0.717, 1.165) is 0 Å². The van der Waals surface area contributed by atoms with Gasteiger partial charge in [0, 0.05) is 41.4 Å². The van der Waals surface area contributed by atoms with Crippen LogP contribution in [0.15, 0.2) is 79.0 Å². The van der Waals surface area contributed by atoms with Gasteiger partial charge in [0.25, 0.3) is 0 Å². The fraction of sp³-hybridized carbons (Fsp3) is 0.107. The summed E-state index contributed by atoms with van der Waals surface area (Å²) in [5, 5.41) is 14.9. The van der Waals surface area contributed by atoms with Gasteiger partial charge in [0.15, 0.2) is 5.78 Å². The number of imidazole rings is 1. The molecule has 3 aromatic carbocycles. The number of nitrogens with one attached hydrogen (secondary N) is 2. The highest BCUT2D eigenvalue weighted by atomic mass is 19.1. The maximum Gasteiger partial charge on any atom is 0.405 e. The van der Waals surface area contributed by atoms with Gasteiger partial charge in [0.05, 0.1) is 6.54 Å². The van der Waals surface area contributed by atoms with Crippen LogP contribution in [0.4, 0.5) is 30.8 Å². The highest BCUT2D eigenvalue weighted by molar-refractivity contribution is 6.01. The normalized spacial score (nSPS) is 13.0. The molecule has 1 unspecified atom stereocenters. The van der Waals surface area contributed by atoms with Crippen molar-refractivity contribution in [3.05, 3.63) is 102 Å². The Morgan fingerprint density at radius 3 is 2.44 bits per heavy atom. The van der Waals surface area contributed by atoms with E-state index in [2.05, 4.69) is 10.6 Å². The first-order chi connectivity index (χ1) is 18.8. The number of rotatable bonds is 8. The molecule has 1 amide bonds. The van der Waals surface area contributed by atoms with Crippen molar-refractivity contribution in [3.8, 4) is 11.3 Å². The van der Waals surface area contributed by atoms with Crippen LogP contribution >= 0.6 is 0 Å². The maximum absolute atomic E-state index is 14.1. The number of anilines is 3. The van der Waals surface area contributed by atoms with Crippen molar-refractivity contribution < 1.29 is 23.5 Å². The number of ketones is 1. The SMILES string of the molecule is Nc1ccc(C(=O)C(CN2C=Cn3c(nc(-c4cccc(F)c4)c3Nc3ccc(F)cc3)C2)NC(=O)O)cc1. The minimum atomic E-state index is -1.33. The number of hydrogen-bond donors (Lipinski definition) is 4. The van der Waals surface area contributed by atoms with Gasteiger partial charge < -0.3 is 26.4 Å². The fourth-order valence-electron chi connectivity index (χ4n) is 4.32. The van der Waals surface area contributed by atoms with E-state index in [9.17, 15) is 23.5 Å². The van der Waals surface area contributed by atoms with E-state index in [0.29, 0.717) is 39.8 Å². The molecule has 39 heavy (non-hydrogen) atoms. The average Bonchev–Trinajstić information content (AvgIpc) is 3.27. The van der Waals surface area contributed by atoms with Crippen LogP contribution < -0.4 is 16.4 Å². The van der Waals surface area contributed by atoms with Crippen LogP contribution in [0.3, 0.4) is 0 Å². The van der Waals surface area contributed by atoms with Crippen LogP contribution in [0, 0.1) is 11.6 Å². The number of aromatic nitrogens is 2. The Bertz CT molecular complexity index is 1550. The molecule has 9 nitrogen and oxygen atoms in total. The Morgan fingerprint density at radius 1 is 1.00 bits per heavy atom. The third-order valence-corrected chi connectivity index (χ3v) is 6.19. The Kier molecular flexibility index (Phi) is 6.96. The van der Waals surface area contributed by atoms with E-state index in [1.165, 1.54) is 24.3 Å². The van der Waals surface area contributed by atoms with Crippen molar-refractivity contribution in [3.63, 3.8) is 0 Å². The van der Waals surface area contributed by atoms with Crippen molar-refractivity contribution in [2.45, 2.75) is 12.6 Å². The number of halogens is 2. The standard InChI is InChI=1S/C28H24F2N6O3/c29-19-6-10-22(11-7-19)32-27-25(18-2-1-3-20(30)14-18)34-24-16-35(12-13-36(24)27)15-23(33-28(38)39)26(37)17-4-8-21(31)9-5-17/h1-14,23,32-33H,15-16,31H2,(H,38,39). The molecular formula is C28H24F2N6O3. The topological polar surface area (TPSA) is 126 Å². The van der Waals surface area contributed by atoms with Crippen molar-refractivity contribution in [2.75, 3.05) is 17.6 Å². The predicted molar refractivity (Wildman–Crippen MR) is 143 cm³/mol. The summed E-state index contributed by atoms with van der Waals surface area (Å²) in [7, 11) is 0. The molecule has 1 aliphatic heterocycles. The molecule has 0 aliphatic carbocycles. The summed E-state index contributed by atoms with van der Waals surface area (Å²) in [5.74, 6) is -0.104. The van der Waals surface area contributed by atoms with Gasteiger partial charge in [0.1, 0.15) is 35.0 Å². The Labute approximate surface area is 222 Å². The van der Waals surface area contributed by atoms with Gasteiger partial charge in [0.2, 0.25) is 0 Å². The molecule has 1 aliphatic rings. The molecule has 4 aromatic rings. The molecule has 198 valence electrons. The number of hydrogen-bond acceptors (Lipinski definition) is 6. The minimum Gasteiger partial charge on any atom is -0.465 e. The second kappa shape index (κ2) is 10.7. The third-order valence-electron chi connectivity index (χ3n) is 6.19. The monoisotopic (exact) mass is 530 g/mol. The molecular weight excluding hydrogens is 506 g/mol. The summed E-state index contributed by atoms with van der Waals surface area (Å²) in [5.41, 5.74) is 8.12. The molecule has 0 saturated heterocycles. The molecule has 2 heterocycles. The smallest absolute Gasteiger partial charge is 0.405 e. The highest BCUT2D eigenvalue weighted by Crippen LogP contribution is 2.34. The molecule has 0 fully saturated rings. The van der Waals surface area contributed by atoms with Crippen molar-refractivity contribution in [2.24, 2.45) is 0 Å². The molecule has 5 rings (SSSR count). The fourth-order valence-corrected chi connectivity index (χ4v) is 4.32. The first kappa shape index (κ1) is 25.5. The van der Waals surface area contributed by atoms with Crippen LogP contribution in [-0.2, 0) is 6.54 Å². The first-order valence-corrected chi connectivity index (χ1v) is 12.0. The van der Waals surface area contributed by atoms with Crippen LogP contribution in [0.1, 0.15) is 16.2 Å². The van der Waals surface area contributed by atoms with Gasteiger partial charge in [-0.3, -0.25) is 9.36 Å². The van der Waals surface area contributed by atoms with Crippen molar-refractivity contribution >= 4 is 35.3 Å². The van der Waals surface area contributed by atoms with Crippen LogP contribution in [0.25, 0.3) is 17.5 Å². The Balaban J connectivity index is 1.45. The number of nitrogens with two attached hydrogens (primary N) is 1. The number of amides is 1. The summed E-state index contributed by atoms with van der Waals surface area (Å²) in [6.07, 6.45) is 2.10. The lowest BCUT2D eigenvalue weighted by atomic mass is 10.0. The van der Waals surface area contributed by atoms with Crippen molar-refractivity contribution in [1.82, 2.24) is 19.8 Å². The summed E-state index contributed by atoms with van der Waals surface area (Å²) in [4.78, 5) is 31.1. The minimum absolute atomic E-state index is 0.0366. The summed E-state index contributed by atoms with van der Waals surface area (Å²) in [6, 6.07) is 17.0. The van der Waals surface area contributed by atoms with Gasteiger partial charge in [-0.1, -0.05) is 12.1 Å². The van der Waals surface area contributed by atoms with Crippen molar-refractivity contribution in [1.29, 1.82) is 0 Å². The number of Topliss-reactive ketones (excluding diaryl/α,β-unsaturated/α-hetero) is 1. The number of fused-ring (bicyclic) bond motifs is 1. The summed E-state index contributed by atoms with van der Waals surface area (Å²) in [6.45, 7) is 0.269. The molecule has 0 radical (unpaired) electrons. The van der Waals surface area contributed by atoms with E-state index >= 15 is 0 Å². The predicted octanol–water partition coefficient (Wildman–Crippen LogP) is 4.92. The molecule has 5 N–H and O–H groups in total. The Morgan fingerprint density at radius 2 is 1.74 bits per heavy atom. The largest absolute Gasteiger partial charge is 0.465 e. The van der Waals surface area contributed by atoms with E-state index in [1.807, 2.05) is 0 Å². The van der Waals surface area contributed by atoms with E-state index < -0.39 is 23.7 Å². The molecule has 1 atom stereocenters. The number of nitrogens with zero attached hydrogens (tertiary/aromatic N) is 3. The van der Waals surface area contributed by atoms with Crippen LogP contribution in [-0.4, -0.2) is 44.0 Å². The quantitative estimate of drug-likeness (QED) is 0.188. The highest BCUT2D eigenvalue weighted by Gasteiger charge is 2.27. The molecule has 0 bridgehead atoms. The Hall–Kier alpha value is -5.19. The number of nitrogen functional groups attached to an aromatic ring is 1. The zero-order chi connectivity index (χ0) is 27.5. The van der Waals surface area contributed by atoms with Gasteiger partial charge in [-0.15, -0.1) is 0 Å².